The summed E-state index contributed by atoms with van der Waals surface area (Å²) in [6.45, 7) is 0.543. The van der Waals surface area contributed by atoms with Gasteiger partial charge in [0.1, 0.15) is 25.0 Å². The topological polar surface area (TPSA) is 118 Å². The fraction of sp³-hybridized carbons (Fsp3) is 0.143. The number of amides is 2. The number of carbonyl (C=O) groups is 2. The number of alkyl carbamates (subject to hydrolysis) is 1. The van der Waals surface area contributed by atoms with E-state index in [4.69, 9.17) is 9.47 Å². The largest absolute Gasteiger partial charge is 0.489 e. The number of rotatable bonds is 11. The average Bonchev–Trinajstić information content (AvgIpc) is 3.46. The molecule has 0 unspecified atom stereocenters. The van der Waals surface area contributed by atoms with E-state index in [9.17, 15) is 9.59 Å². The average molecular weight is 576 g/mol. The summed E-state index contributed by atoms with van der Waals surface area (Å²) < 4.78 is 12.1. The second kappa shape index (κ2) is 13.8. The second-order valence-corrected chi connectivity index (χ2v) is 9.17. The third-order valence-corrected chi connectivity index (χ3v) is 5.92. The first-order chi connectivity index (χ1) is 18.5. The van der Waals surface area contributed by atoms with Gasteiger partial charge in [0, 0.05) is 22.8 Å². The molecule has 4 aromatic rings. The molecule has 10 heteroatoms. The summed E-state index contributed by atoms with van der Waals surface area (Å²) in [5, 5.41) is 6.63. The van der Waals surface area contributed by atoms with E-state index >= 15 is 0 Å². The minimum Gasteiger partial charge on any atom is -0.489 e. The van der Waals surface area contributed by atoms with Gasteiger partial charge in [-0.1, -0.05) is 58.4 Å². The van der Waals surface area contributed by atoms with Crippen LogP contribution in [0.15, 0.2) is 101 Å². The molecule has 38 heavy (non-hydrogen) atoms. The molecule has 0 bridgehead atoms. The van der Waals surface area contributed by atoms with Gasteiger partial charge in [0.2, 0.25) is 0 Å². The molecule has 0 spiro atoms. The Morgan fingerprint density at radius 1 is 0.974 bits per heavy atom. The van der Waals surface area contributed by atoms with Crippen molar-refractivity contribution in [3.05, 3.63) is 118 Å². The van der Waals surface area contributed by atoms with Crippen LogP contribution in [-0.4, -0.2) is 34.2 Å². The van der Waals surface area contributed by atoms with Crippen LogP contribution in [0.25, 0.3) is 0 Å². The van der Waals surface area contributed by atoms with Gasteiger partial charge in [-0.25, -0.2) is 15.2 Å². The monoisotopic (exact) mass is 575 g/mol. The van der Waals surface area contributed by atoms with Crippen molar-refractivity contribution in [2.24, 2.45) is 5.10 Å². The fourth-order valence-corrected chi connectivity index (χ4v) is 3.64. The van der Waals surface area contributed by atoms with Gasteiger partial charge < -0.3 is 19.8 Å². The van der Waals surface area contributed by atoms with E-state index in [1.54, 1.807) is 6.20 Å². The van der Waals surface area contributed by atoms with E-state index in [0.717, 1.165) is 21.2 Å². The Morgan fingerprint density at radius 2 is 1.71 bits per heavy atom. The van der Waals surface area contributed by atoms with Gasteiger partial charge in [0.25, 0.3) is 5.91 Å². The van der Waals surface area contributed by atoms with Gasteiger partial charge in [-0.2, -0.15) is 5.10 Å². The van der Waals surface area contributed by atoms with Gasteiger partial charge in [-0.05, 0) is 53.1 Å². The molecule has 0 saturated carbocycles. The first-order valence-corrected chi connectivity index (χ1v) is 12.6. The number of imidazole rings is 1. The summed E-state index contributed by atoms with van der Waals surface area (Å²) in [6, 6.07) is 23.6. The lowest BCUT2D eigenvalue weighted by Gasteiger charge is -2.16. The van der Waals surface area contributed by atoms with Crippen LogP contribution in [0.4, 0.5) is 4.79 Å². The summed E-state index contributed by atoms with van der Waals surface area (Å²) in [5.74, 6) is 0.217. The summed E-state index contributed by atoms with van der Waals surface area (Å²) in [4.78, 5) is 32.1. The summed E-state index contributed by atoms with van der Waals surface area (Å²) in [7, 11) is 0. The van der Waals surface area contributed by atoms with Gasteiger partial charge >= 0.3 is 6.09 Å². The Balaban J connectivity index is 1.29. The summed E-state index contributed by atoms with van der Waals surface area (Å²) >= 11 is 3.42. The molecular formula is C28H26BrN5O4. The molecule has 0 aliphatic heterocycles. The molecule has 1 aromatic heterocycles. The quantitative estimate of drug-likeness (QED) is 0.176. The standard InChI is InChI=1S/C28H26BrN5O4/c29-23-10-6-22(7-11-23)17-37-25-12-8-20(9-13-25)15-32-34-27(35)26(14-24-16-30-19-31-24)33-28(36)38-18-21-4-2-1-3-5-21/h1-13,15-16,19,26H,14,17-18H2,(H,30,31)(H,33,36)(H,34,35)/b32-15-/t26-/m0/s1. The maximum atomic E-state index is 12.8. The lowest BCUT2D eigenvalue weighted by Crippen LogP contribution is -2.47. The molecule has 3 aromatic carbocycles. The predicted octanol–water partition coefficient (Wildman–Crippen LogP) is 4.74. The van der Waals surface area contributed by atoms with Crippen LogP contribution in [0, 0.1) is 0 Å². The van der Waals surface area contributed by atoms with Crippen molar-refractivity contribution in [3.63, 3.8) is 0 Å². The molecule has 1 atom stereocenters. The zero-order valence-electron chi connectivity index (χ0n) is 20.3. The third-order valence-electron chi connectivity index (χ3n) is 5.39. The SMILES string of the molecule is O=C(N[C@@H](Cc1cnc[nH]1)C(=O)N/N=C\c1ccc(OCc2ccc(Br)cc2)cc1)OCc1ccccc1. The highest BCUT2D eigenvalue weighted by Gasteiger charge is 2.22. The van der Waals surface area contributed by atoms with E-state index in [1.165, 1.54) is 12.5 Å². The molecule has 194 valence electrons. The van der Waals surface area contributed by atoms with E-state index in [1.807, 2.05) is 78.9 Å². The smallest absolute Gasteiger partial charge is 0.408 e. The number of hydrazone groups is 1. The molecule has 1 heterocycles. The van der Waals surface area contributed by atoms with Crippen LogP contribution in [0.2, 0.25) is 0 Å². The Morgan fingerprint density at radius 3 is 2.42 bits per heavy atom. The van der Waals surface area contributed by atoms with Crippen molar-refractivity contribution in [3.8, 4) is 5.75 Å². The highest BCUT2D eigenvalue weighted by molar-refractivity contribution is 9.10. The maximum Gasteiger partial charge on any atom is 0.408 e. The number of carbonyl (C=O) groups excluding carboxylic acids is 2. The Hall–Kier alpha value is -4.44. The highest BCUT2D eigenvalue weighted by atomic mass is 79.9. The number of hydrogen-bond acceptors (Lipinski definition) is 6. The van der Waals surface area contributed by atoms with Crippen molar-refractivity contribution in [1.29, 1.82) is 0 Å². The lowest BCUT2D eigenvalue weighted by atomic mass is 10.1. The van der Waals surface area contributed by atoms with Crippen molar-refractivity contribution in [2.75, 3.05) is 0 Å². The molecule has 2 amide bonds. The summed E-state index contributed by atoms with van der Waals surface area (Å²) in [5.41, 5.74) is 5.82. The van der Waals surface area contributed by atoms with Crippen LogP contribution in [0.1, 0.15) is 22.4 Å². The molecule has 0 radical (unpaired) electrons. The number of nitrogens with zero attached hydrogens (tertiary/aromatic N) is 2. The van der Waals surface area contributed by atoms with Crippen molar-refractivity contribution >= 4 is 34.1 Å². The number of aromatic nitrogens is 2. The van der Waals surface area contributed by atoms with Gasteiger partial charge in [0.05, 0.1) is 12.5 Å². The van der Waals surface area contributed by atoms with Gasteiger partial charge in [-0.15, -0.1) is 0 Å². The first kappa shape index (κ1) is 26.6. The van der Waals surface area contributed by atoms with Crippen molar-refractivity contribution in [1.82, 2.24) is 20.7 Å². The van der Waals surface area contributed by atoms with Crippen LogP contribution in [-0.2, 0) is 29.2 Å². The van der Waals surface area contributed by atoms with E-state index in [-0.39, 0.29) is 13.0 Å². The van der Waals surface area contributed by atoms with Crippen molar-refractivity contribution in [2.45, 2.75) is 25.7 Å². The molecule has 9 nitrogen and oxygen atoms in total. The lowest BCUT2D eigenvalue weighted by molar-refractivity contribution is -0.123. The van der Waals surface area contributed by atoms with Crippen LogP contribution >= 0.6 is 15.9 Å². The molecular weight excluding hydrogens is 550 g/mol. The Kier molecular flexibility index (Phi) is 9.63. The normalized spacial score (nSPS) is 11.6. The number of hydrogen-bond donors (Lipinski definition) is 3. The molecule has 0 aliphatic rings. The summed E-state index contributed by atoms with van der Waals surface area (Å²) in [6.07, 6.45) is 4.07. The zero-order chi connectivity index (χ0) is 26.6. The first-order valence-electron chi connectivity index (χ1n) is 11.8. The van der Waals surface area contributed by atoms with Crippen LogP contribution < -0.4 is 15.5 Å². The number of halogens is 1. The zero-order valence-corrected chi connectivity index (χ0v) is 21.9. The number of ether oxygens (including phenoxy) is 2. The van der Waals surface area contributed by atoms with Crippen LogP contribution in [0.3, 0.4) is 0 Å². The highest BCUT2D eigenvalue weighted by Crippen LogP contribution is 2.15. The molecule has 3 N–H and O–H groups in total. The van der Waals surface area contributed by atoms with Crippen molar-refractivity contribution < 1.29 is 19.1 Å². The maximum absolute atomic E-state index is 12.8. The van der Waals surface area contributed by atoms with Gasteiger partial charge in [0.15, 0.2) is 0 Å². The number of H-pyrrole nitrogens is 1. The van der Waals surface area contributed by atoms with E-state index in [2.05, 4.69) is 41.7 Å². The molecule has 0 saturated heterocycles. The second-order valence-electron chi connectivity index (χ2n) is 8.26. The minimum atomic E-state index is -0.926. The Bertz CT molecular complexity index is 1330. The molecule has 4 rings (SSSR count). The number of benzene rings is 3. The van der Waals surface area contributed by atoms with E-state index < -0.39 is 18.0 Å². The third kappa shape index (κ3) is 8.59. The number of nitrogens with one attached hydrogen (secondary N) is 3. The number of aromatic amines is 1. The van der Waals surface area contributed by atoms with Gasteiger partial charge in [-0.3, -0.25) is 4.79 Å². The van der Waals surface area contributed by atoms with Crippen LogP contribution in [0.5, 0.6) is 5.75 Å². The molecule has 0 fully saturated rings. The minimum absolute atomic E-state index is 0.0893. The molecule has 0 aliphatic carbocycles. The van der Waals surface area contributed by atoms with E-state index in [0.29, 0.717) is 18.1 Å². The predicted molar refractivity (Wildman–Crippen MR) is 146 cm³/mol. The fourth-order valence-electron chi connectivity index (χ4n) is 3.38. The Labute approximate surface area is 228 Å².